The minimum Gasteiger partial charge on any atom is -0.497 e. The fourth-order valence-corrected chi connectivity index (χ4v) is 2.85. The molecule has 4 rings (SSSR count). The summed E-state index contributed by atoms with van der Waals surface area (Å²) in [5.41, 5.74) is 4.53. The highest BCUT2D eigenvalue weighted by molar-refractivity contribution is 6.11. The van der Waals surface area contributed by atoms with Crippen molar-refractivity contribution in [3.8, 4) is 23.1 Å². The van der Waals surface area contributed by atoms with Crippen LogP contribution in [-0.2, 0) is 0 Å². The Hall–Kier alpha value is -3.32. The van der Waals surface area contributed by atoms with Crippen LogP contribution in [0.25, 0.3) is 33.1 Å². The van der Waals surface area contributed by atoms with Crippen molar-refractivity contribution in [1.82, 2.24) is 9.97 Å². The third-order valence-corrected chi connectivity index (χ3v) is 4.01. The Kier molecular flexibility index (Phi) is 2.99. The van der Waals surface area contributed by atoms with Crippen LogP contribution in [0.1, 0.15) is 5.56 Å². The second-order valence-electron chi connectivity index (χ2n) is 5.31. The standard InChI is InChI=1S/C19H13N3O/c1-23-14-6-7-17-16(10-14)15-8-9-21-18(19(15)22-17)13-4-2-12(11-20)3-5-13/h2-10,22H,1H3. The molecule has 2 aromatic carbocycles. The van der Waals surface area contributed by atoms with E-state index >= 15 is 0 Å². The molecule has 4 heteroatoms. The molecule has 2 aromatic heterocycles. The number of nitriles is 1. The van der Waals surface area contributed by atoms with E-state index < -0.39 is 0 Å². The van der Waals surface area contributed by atoms with Gasteiger partial charge in [0.1, 0.15) is 5.75 Å². The van der Waals surface area contributed by atoms with Crippen LogP contribution in [0, 0.1) is 11.3 Å². The predicted molar refractivity (Wildman–Crippen MR) is 90.3 cm³/mol. The first-order chi connectivity index (χ1) is 11.3. The number of aromatic amines is 1. The van der Waals surface area contributed by atoms with Gasteiger partial charge < -0.3 is 9.72 Å². The predicted octanol–water partition coefficient (Wildman–Crippen LogP) is 4.26. The van der Waals surface area contributed by atoms with Gasteiger partial charge in [-0.15, -0.1) is 0 Å². The summed E-state index contributed by atoms with van der Waals surface area (Å²) >= 11 is 0. The number of methoxy groups -OCH3 is 1. The summed E-state index contributed by atoms with van der Waals surface area (Å²) in [4.78, 5) is 7.97. The van der Waals surface area contributed by atoms with Crippen molar-refractivity contribution in [2.24, 2.45) is 0 Å². The molecule has 0 unspecified atom stereocenters. The maximum absolute atomic E-state index is 8.93. The van der Waals surface area contributed by atoms with Gasteiger partial charge in [-0.05, 0) is 36.4 Å². The lowest BCUT2D eigenvalue weighted by atomic mass is 10.1. The number of H-pyrrole nitrogens is 1. The number of hydrogen-bond acceptors (Lipinski definition) is 3. The summed E-state index contributed by atoms with van der Waals surface area (Å²) in [5, 5.41) is 11.1. The van der Waals surface area contributed by atoms with Gasteiger partial charge in [0.15, 0.2) is 0 Å². The van der Waals surface area contributed by atoms with Crippen molar-refractivity contribution in [2.75, 3.05) is 7.11 Å². The highest BCUT2D eigenvalue weighted by atomic mass is 16.5. The van der Waals surface area contributed by atoms with Crippen LogP contribution in [0.4, 0.5) is 0 Å². The van der Waals surface area contributed by atoms with Gasteiger partial charge in [0, 0.05) is 28.0 Å². The van der Waals surface area contributed by atoms with Crippen LogP contribution in [0.15, 0.2) is 54.7 Å². The van der Waals surface area contributed by atoms with Gasteiger partial charge in [-0.25, -0.2) is 0 Å². The molecule has 0 amide bonds. The maximum Gasteiger partial charge on any atom is 0.119 e. The lowest BCUT2D eigenvalue weighted by Crippen LogP contribution is -1.85. The average Bonchev–Trinajstić information content (AvgIpc) is 2.99. The van der Waals surface area contributed by atoms with Gasteiger partial charge in [-0.3, -0.25) is 4.98 Å². The van der Waals surface area contributed by atoms with Crippen molar-refractivity contribution in [2.45, 2.75) is 0 Å². The van der Waals surface area contributed by atoms with E-state index in [0.717, 1.165) is 38.8 Å². The molecule has 0 aliphatic rings. The summed E-state index contributed by atoms with van der Waals surface area (Å²) < 4.78 is 5.32. The van der Waals surface area contributed by atoms with Gasteiger partial charge >= 0.3 is 0 Å². The minimum absolute atomic E-state index is 0.641. The molecular formula is C19H13N3O. The number of benzene rings is 2. The molecule has 110 valence electrons. The molecule has 0 radical (unpaired) electrons. The molecule has 1 N–H and O–H groups in total. The van der Waals surface area contributed by atoms with Crippen LogP contribution in [-0.4, -0.2) is 17.1 Å². The van der Waals surface area contributed by atoms with Crippen LogP contribution < -0.4 is 4.74 Å². The molecule has 0 fully saturated rings. The number of fused-ring (bicyclic) bond motifs is 3. The van der Waals surface area contributed by atoms with Gasteiger partial charge in [0.2, 0.25) is 0 Å². The first kappa shape index (κ1) is 13.4. The fourth-order valence-electron chi connectivity index (χ4n) is 2.85. The number of aromatic nitrogens is 2. The topological polar surface area (TPSA) is 61.7 Å². The number of nitrogens with zero attached hydrogens (tertiary/aromatic N) is 2. The molecule has 0 aliphatic heterocycles. The first-order valence-corrected chi connectivity index (χ1v) is 7.25. The Balaban J connectivity index is 1.98. The van der Waals surface area contributed by atoms with Crippen molar-refractivity contribution in [1.29, 1.82) is 5.26 Å². The number of pyridine rings is 1. The molecule has 4 aromatic rings. The van der Waals surface area contributed by atoms with E-state index in [1.165, 1.54) is 0 Å². The van der Waals surface area contributed by atoms with Crippen LogP contribution in [0.5, 0.6) is 5.75 Å². The fraction of sp³-hybridized carbons (Fsp3) is 0.0526. The van der Waals surface area contributed by atoms with Crippen molar-refractivity contribution in [3.63, 3.8) is 0 Å². The lowest BCUT2D eigenvalue weighted by molar-refractivity contribution is 0.415. The van der Waals surface area contributed by atoms with Crippen molar-refractivity contribution < 1.29 is 4.74 Å². The summed E-state index contributed by atoms with van der Waals surface area (Å²) in [6.07, 6.45) is 1.81. The first-order valence-electron chi connectivity index (χ1n) is 7.25. The van der Waals surface area contributed by atoms with E-state index in [9.17, 15) is 0 Å². The molecule has 0 bridgehead atoms. The molecule has 0 spiro atoms. The molecular weight excluding hydrogens is 286 g/mol. The van der Waals surface area contributed by atoms with Crippen molar-refractivity contribution in [3.05, 3.63) is 60.3 Å². The SMILES string of the molecule is COc1ccc2[nH]c3c(-c4ccc(C#N)cc4)nccc3c2c1. The van der Waals surface area contributed by atoms with Crippen LogP contribution >= 0.6 is 0 Å². The lowest BCUT2D eigenvalue weighted by Gasteiger charge is -2.02. The Bertz CT molecular complexity index is 1060. The maximum atomic E-state index is 8.93. The van der Waals surface area contributed by atoms with E-state index in [2.05, 4.69) is 16.0 Å². The molecule has 23 heavy (non-hydrogen) atoms. The summed E-state index contributed by atoms with van der Waals surface area (Å²) in [5.74, 6) is 0.829. The highest BCUT2D eigenvalue weighted by Gasteiger charge is 2.11. The molecule has 0 saturated heterocycles. The molecule has 0 saturated carbocycles. The smallest absolute Gasteiger partial charge is 0.119 e. The van der Waals surface area contributed by atoms with Gasteiger partial charge in [-0.2, -0.15) is 5.26 Å². The Morgan fingerprint density at radius 1 is 1.04 bits per heavy atom. The van der Waals surface area contributed by atoms with E-state index in [4.69, 9.17) is 10.00 Å². The van der Waals surface area contributed by atoms with Crippen LogP contribution in [0.3, 0.4) is 0 Å². The zero-order chi connectivity index (χ0) is 15.8. The largest absolute Gasteiger partial charge is 0.497 e. The highest BCUT2D eigenvalue weighted by Crippen LogP contribution is 2.33. The molecule has 4 nitrogen and oxygen atoms in total. The van der Waals surface area contributed by atoms with Gasteiger partial charge in [0.25, 0.3) is 0 Å². The van der Waals surface area contributed by atoms with E-state index in [1.807, 2.05) is 54.7 Å². The third kappa shape index (κ3) is 2.11. The molecule has 0 aliphatic carbocycles. The minimum atomic E-state index is 0.641. The van der Waals surface area contributed by atoms with E-state index in [-0.39, 0.29) is 0 Å². The monoisotopic (exact) mass is 299 g/mol. The quantitative estimate of drug-likeness (QED) is 0.601. The number of ether oxygens (including phenoxy) is 1. The van der Waals surface area contributed by atoms with Gasteiger partial charge in [-0.1, -0.05) is 12.1 Å². The average molecular weight is 299 g/mol. The second-order valence-corrected chi connectivity index (χ2v) is 5.31. The summed E-state index contributed by atoms with van der Waals surface area (Å²) in [6, 6.07) is 17.6. The third-order valence-electron chi connectivity index (χ3n) is 4.01. The second kappa shape index (κ2) is 5.15. The van der Waals surface area contributed by atoms with Crippen molar-refractivity contribution >= 4 is 21.8 Å². The number of hydrogen-bond donors (Lipinski definition) is 1. The number of rotatable bonds is 2. The zero-order valence-corrected chi connectivity index (χ0v) is 12.5. The number of nitrogens with one attached hydrogen (secondary N) is 1. The molecule has 0 atom stereocenters. The normalized spacial score (nSPS) is 10.8. The Morgan fingerprint density at radius 3 is 2.61 bits per heavy atom. The summed E-state index contributed by atoms with van der Waals surface area (Å²) in [6.45, 7) is 0. The van der Waals surface area contributed by atoms with E-state index in [1.54, 1.807) is 7.11 Å². The zero-order valence-electron chi connectivity index (χ0n) is 12.5. The summed E-state index contributed by atoms with van der Waals surface area (Å²) in [7, 11) is 1.67. The van der Waals surface area contributed by atoms with Gasteiger partial charge in [0.05, 0.1) is 30.0 Å². The van der Waals surface area contributed by atoms with E-state index in [0.29, 0.717) is 5.56 Å². The van der Waals surface area contributed by atoms with Crippen LogP contribution in [0.2, 0.25) is 0 Å². The molecule has 2 heterocycles. The Labute approximate surface area is 133 Å². The Morgan fingerprint density at radius 2 is 1.87 bits per heavy atom.